The standard InChI is InChI=1S/C11H19NO5S/c1-8(7-10(13)14)18(16)9(2)11(15)12-3-5-17-6-4-12/h8-9H,3-7H2,1-2H3,(H,13,14). The maximum Gasteiger partial charge on any atom is 0.304 e. The molecule has 1 aliphatic rings. The van der Waals surface area contributed by atoms with Crippen LogP contribution in [0.25, 0.3) is 0 Å². The van der Waals surface area contributed by atoms with E-state index in [-0.39, 0.29) is 12.3 Å². The van der Waals surface area contributed by atoms with Gasteiger partial charge in [-0.05, 0) is 6.92 Å². The minimum absolute atomic E-state index is 0.186. The first-order chi connectivity index (χ1) is 8.43. The lowest BCUT2D eigenvalue weighted by Crippen LogP contribution is -2.47. The second-order valence-electron chi connectivity index (χ2n) is 4.32. The molecule has 0 aromatic heterocycles. The Labute approximate surface area is 109 Å². The highest BCUT2D eigenvalue weighted by atomic mass is 32.2. The van der Waals surface area contributed by atoms with Crippen LogP contribution in [0.1, 0.15) is 20.3 Å². The number of aliphatic carboxylic acids is 1. The minimum Gasteiger partial charge on any atom is -0.481 e. The molecule has 7 heteroatoms. The van der Waals surface area contributed by atoms with E-state index >= 15 is 0 Å². The van der Waals surface area contributed by atoms with E-state index in [1.54, 1.807) is 18.7 Å². The molecule has 1 saturated heterocycles. The topological polar surface area (TPSA) is 83.9 Å². The minimum atomic E-state index is -1.47. The van der Waals surface area contributed by atoms with Crippen LogP contribution in [0, 0.1) is 0 Å². The lowest BCUT2D eigenvalue weighted by Gasteiger charge is -2.29. The molecule has 3 unspecified atom stereocenters. The molecular formula is C11H19NO5S. The summed E-state index contributed by atoms with van der Waals surface area (Å²) in [5.41, 5.74) is 0. The summed E-state index contributed by atoms with van der Waals surface area (Å²) in [6, 6.07) is 0. The summed E-state index contributed by atoms with van der Waals surface area (Å²) in [5.74, 6) is -1.18. The molecule has 1 fully saturated rings. The third-order valence-corrected chi connectivity index (χ3v) is 4.74. The zero-order valence-corrected chi connectivity index (χ0v) is 11.4. The van der Waals surface area contributed by atoms with Crippen molar-refractivity contribution in [2.75, 3.05) is 26.3 Å². The molecular weight excluding hydrogens is 258 g/mol. The van der Waals surface area contributed by atoms with Crippen LogP contribution in [0.2, 0.25) is 0 Å². The van der Waals surface area contributed by atoms with Crippen LogP contribution in [0.15, 0.2) is 0 Å². The normalized spacial score (nSPS) is 21.1. The molecule has 1 aliphatic heterocycles. The summed E-state index contributed by atoms with van der Waals surface area (Å²) < 4.78 is 17.2. The number of ether oxygens (including phenoxy) is 1. The monoisotopic (exact) mass is 277 g/mol. The predicted molar refractivity (Wildman–Crippen MR) is 66.7 cm³/mol. The number of morpholine rings is 1. The fourth-order valence-electron chi connectivity index (χ4n) is 1.82. The van der Waals surface area contributed by atoms with Crippen LogP contribution in [0.3, 0.4) is 0 Å². The Balaban J connectivity index is 2.56. The zero-order chi connectivity index (χ0) is 13.7. The molecule has 1 heterocycles. The van der Waals surface area contributed by atoms with Gasteiger partial charge >= 0.3 is 5.97 Å². The van der Waals surface area contributed by atoms with Crippen LogP contribution < -0.4 is 0 Å². The largest absolute Gasteiger partial charge is 0.481 e. The van der Waals surface area contributed by atoms with Gasteiger partial charge in [-0.1, -0.05) is 6.92 Å². The van der Waals surface area contributed by atoms with Crippen LogP contribution in [-0.2, 0) is 25.1 Å². The van der Waals surface area contributed by atoms with Crippen molar-refractivity contribution >= 4 is 22.7 Å². The Hall–Kier alpha value is -0.950. The van der Waals surface area contributed by atoms with Gasteiger partial charge in [-0.3, -0.25) is 13.8 Å². The molecule has 0 bridgehead atoms. The third-order valence-electron chi connectivity index (χ3n) is 2.88. The van der Waals surface area contributed by atoms with Gasteiger partial charge in [-0.2, -0.15) is 0 Å². The van der Waals surface area contributed by atoms with E-state index in [1.165, 1.54) is 0 Å². The molecule has 0 aromatic rings. The van der Waals surface area contributed by atoms with Crippen molar-refractivity contribution < 1.29 is 23.6 Å². The van der Waals surface area contributed by atoms with Crippen molar-refractivity contribution in [2.24, 2.45) is 0 Å². The fraction of sp³-hybridized carbons (Fsp3) is 0.818. The van der Waals surface area contributed by atoms with Crippen molar-refractivity contribution in [3.63, 3.8) is 0 Å². The first-order valence-corrected chi connectivity index (χ1v) is 7.18. The smallest absolute Gasteiger partial charge is 0.304 e. The maximum atomic E-state index is 12.1. The third kappa shape index (κ3) is 4.06. The first kappa shape index (κ1) is 15.1. The van der Waals surface area contributed by atoms with Crippen molar-refractivity contribution in [3.05, 3.63) is 0 Å². The Morgan fingerprint density at radius 2 is 1.89 bits per heavy atom. The van der Waals surface area contributed by atoms with E-state index in [4.69, 9.17) is 9.84 Å². The van der Waals surface area contributed by atoms with Gasteiger partial charge in [-0.25, -0.2) is 0 Å². The molecule has 18 heavy (non-hydrogen) atoms. The molecule has 0 radical (unpaired) electrons. The quantitative estimate of drug-likeness (QED) is 0.755. The predicted octanol–water partition coefficient (Wildman–Crippen LogP) is -0.154. The van der Waals surface area contributed by atoms with Crippen molar-refractivity contribution in [1.82, 2.24) is 4.90 Å². The number of carbonyl (C=O) groups is 2. The van der Waals surface area contributed by atoms with Gasteiger partial charge in [0, 0.05) is 29.1 Å². The van der Waals surface area contributed by atoms with E-state index in [9.17, 15) is 13.8 Å². The SMILES string of the molecule is CC(CC(=O)O)S(=O)C(C)C(=O)N1CCOCC1. The summed E-state index contributed by atoms with van der Waals surface area (Å²) in [6.45, 7) is 5.19. The summed E-state index contributed by atoms with van der Waals surface area (Å²) in [4.78, 5) is 24.2. The number of carbonyl (C=O) groups excluding carboxylic acids is 1. The molecule has 0 saturated carbocycles. The highest BCUT2D eigenvalue weighted by Crippen LogP contribution is 2.11. The summed E-state index contributed by atoms with van der Waals surface area (Å²) in [7, 11) is -1.47. The van der Waals surface area contributed by atoms with E-state index in [0.717, 1.165) is 0 Å². The van der Waals surface area contributed by atoms with E-state index in [0.29, 0.717) is 26.3 Å². The number of hydrogen-bond acceptors (Lipinski definition) is 4. The molecule has 6 nitrogen and oxygen atoms in total. The highest BCUT2D eigenvalue weighted by Gasteiger charge is 2.30. The first-order valence-electron chi connectivity index (χ1n) is 5.91. The van der Waals surface area contributed by atoms with Crippen LogP contribution in [0.4, 0.5) is 0 Å². The van der Waals surface area contributed by atoms with Gasteiger partial charge in [0.1, 0.15) is 5.25 Å². The van der Waals surface area contributed by atoms with Crippen molar-refractivity contribution in [3.8, 4) is 0 Å². The molecule has 104 valence electrons. The number of rotatable bonds is 5. The van der Waals surface area contributed by atoms with Gasteiger partial charge in [0.15, 0.2) is 0 Å². The Bertz CT molecular complexity index is 340. The summed E-state index contributed by atoms with van der Waals surface area (Å²) in [5, 5.41) is 7.46. The van der Waals surface area contributed by atoms with Gasteiger partial charge in [-0.15, -0.1) is 0 Å². The second kappa shape index (κ2) is 6.84. The molecule has 0 aromatic carbocycles. The number of carboxylic acids is 1. The average Bonchev–Trinajstić information content (AvgIpc) is 2.36. The number of hydrogen-bond donors (Lipinski definition) is 1. The van der Waals surface area contributed by atoms with Gasteiger partial charge in [0.05, 0.1) is 19.6 Å². The molecule has 3 atom stereocenters. The Morgan fingerprint density at radius 3 is 2.39 bits per heavy atom. The van der Waals surface area contributed by atoms with Crippen LogP contribution >= 0.6 is 0 Å². The lowest BCUT2D eigenvalue weighted by molar-refractivity contribution is -0.137. The Kier molecular flexibility index (Phi) is 5.74. The van der Waals surface area contributed by atoms with Gasteiger partial charge in [0.25, 0.3) is 0 Å². The maximum absolute atomic E-state index is 12.1. The molecule has 1 N–H and O–H groups in total. The molecule has 0 spiro atoms. The number of carboxylic acid groups (broad SMARTS) is 1. The van der Waals surface area contributed by atoms with Crippen molar-refractivity contribution in [1.29, 1.82) is 0 Å². The molecule has 1 rings (SSSR count). The van der Waals surface area contributed by atoms with Crippen LogP contribution in [-0.4, -0.2) is 62.9 Å². The second-order valence-corrected chi connectivity index (χ2v) is 6.49. The van der Waals surface area contributed by atoms with E-state index in [2.05, 4.69) is 0 Å². The van der Waals surface area contributed by atoms with Gasteiger partial charge in [0.2, 0.25) is 5.91 Å². The fourth-order valence-corrected chi connectivity index (χ4v) is 3.17. The summed E-state index contributed by atoms with van der Waals surface area (Å²) >= 11 is 0. The number of amides is 1. The highest BCUT2D eigenvalue weighted by molar-refractivity contribution is 7.87. The Morgan fingerprint density at radius 1 is 1.33 bits per heavy atom. The van der Waals surface area contributed by atoms with Crippen molar-refractivity contribution in [2.45, 2.75) is 30.8 Å². The lowest BCUT2D eigenvalue weighted by atomic mass is 10.3. The van der Waals surface area contributed by atoms with E-state index in [1.807, 2.05) is 0 Å². The summed E-state index contributed by atoms with van der Waals surface area (Å²) in [6.07, 6.45) is -0.187. The van der Waals surface area contributed by atoms with Gasteiger partial charge < -0.3 is 14.7 Å². The average molecular weight is 277 g/mol. The molecule has 1 amide bonds. The zero-order valence-electron chi connectivity index (χ0n) is 10.6. The number of nitrogens with zero attached hydrogens (tertiary/aromatic N) is 1. The van der Waals surface area contributed by atoms with E-state index < -0.39 is 27.3 Å². The van der Waals surface area contributed by atoms with Crippen LogP contribution in [0.5, 0.6) is 0 Å². The molecule has 0 aliphatic carbocycles.